The molecule has 0 aliphatic rings. The Hall–Kier alpha value is -2.47. The number of benzene rings is 1. The predicted molar refractivity (Wildman–Crippen MR) is 83.6 cm³/mol. The molecule has 0 saturated carbocycles. The first-order chi connectivity index (χ1) is 10.6. The second-order valence-electron chi connectivity index (χ2n) is 5.02. The topological polar surface area (TPSA) is 85.4 Å². The molecule has 2 aromatic rings. The summed E-state index contributed by atoms with van der Waals surface area (Å²) in [6.07, 6.45) is 1.74. The molecule has 22 heavy (non-hydrogen) atoms. The molecule has 1 aromatic carbocycles. The molecule has 0 amide bonds. The van der Waals surface area contributed by atoms with Crippen LogP contribution in [0.2, 0.25) is 0 Å². The Labute approximate surface area is 127 Å². The molecule has 0 atom stereocenters. The van der Waals surface area contributed by atoms with Crippen molar-refractivity contribution in [2.24, 2.45) is 0 Å². The lowest BCUT2D eigenvalue weighted by Gasteiger charge is -2.14. The Morgan fingerprint density at radius 2 is 2.05 bits per heavy atom. The van der Waals surface area contributed by atoms with Gasteiger partial charge in [0.1, 0.15) is 0 Å². The molecule has 1 heterocycles. The van der Waals surface area contributed by atoms with E-state index >= 15 is 0 Å². The number of rotatable bonds is 6. The lowest BCUT2D eigenvalue weighted by Crippen LogP contribution is -2.25. The lowest BCUT2D eigenvalue weighted by molar-refractivity contribution is -0.384. The number of hydrogen-bond donors (Lipinski definition) is 1. The second-order valence-corrected chi connectivity index (χ2v) is 5.02. The number of unbranched alkanes of at least 4 members (excludes halogenated alkanes) is 1. The normalized spacial score (nSPS) is 10.6. The molecule has 6 nitrogen and oxygen atoms in total. The summed E-state index contributed by atoms with van der Waals surface area (Å²) < 4.78 is 1.58. The van der Waals surface area contributed by atoms with Crippen LogP contribution >= 0.6 is 0 Å². The fourth-order valence-electron chi connectivity index (χ4n) is 2.31. The molecule has 0 aliphatic heterocycles. The summed E-state index contributed by atoms with van der Waals surface area (Å²) in [5.74, 6) is 0. The van der Waals surface area contributed by atoms with Gasteiger partial charge in [0.2, 0.25) is 0 Å². The maximum atomic E-state index is 12.4. The Morgan fingerprint density at radius 3 is 2.68 bits per heavy atom. The predicted octanol–water partition coefficient (Wildman–Crippen LogP) is 2.72. The van der Waals surface area contributed by atoms with E-state index in [1.165, 1.54) is 12.1 Å². The Balaban J connectivity index is 2.59. The quantitative estimate of drug-likeness (QED) is 0.656. The van der Waals surface area contributed by atoms with E-state index < -0.39 is 4.92 Å². The molecule has 0 bridgehead atoms. The van der Waals surface area contributed by atoms with Crippen molar-refractivity contribution in [3.05, 3.63) is 62.4 Å². The number of hydrogen-bond acceptors (Lipinski definition) is 4. The van der Waals surface area contributed by atoms with E-state index in [4.69, 9.17) is 0 Å². The average molecular weight is 302 g/mol. The number of non-ortho nitro benzene ring substituents is 1. The fourth-order valence-corrected chi connectivity index (χ4v) is 2.31. The summed E-state index contributed by atoms with van der Waals surface area (Å²) in [4.78, 5) is 22.8. The monoisotopic (exact) mass is 302 g/mol. The van der Waals surface area contributed by atoms with Crippen LogP contribution in [0.3, 0.4) is 0 Å². The summed E-state index contributed by atoms with van der Waals surface area (Å²) >= 11 is 0. The van der Waals surface area contributed by atoms with E-state index in [0.717, 1.165) is 12.8 Å². The molecule has 0 unspecified atom stereocenters. The zero-order valence-electron chi connectivity index (χ0n) is 12.4. The summed E-state index contributed by atoms with van der Waals surface area (Å²) in [6.45, 7) is 2.22. The third-order valence-electron chi connectivity index (χ3n) is 3.51. The third kappa shape index (κ3) is 3.23. The number of nitro benzene ring substituents is 1. The van der Waals surface area contributed by atoms with E-state index in [0.29, 0.717) is 23.4 Å². The van der Waals surface area contributed by atoms with Gasteiger partial charge in [0.05, 0.1) is 17.2 Å². The first-order valence-electron chi connectivity index (χ1n) is 7.17. The molecular weight excluding hydrogens is 284 g/mol. The van der Waals surface area contributed by atoms with Gasteiger partial charge in [0.25, 0.3) is 11.2 Å². The van der Waals surface area contributed by atoms with Crippen LogP contribution in [0.25, 0.3) is 11.3 Å². The Bertz CT molecular complexity index is 737. The van der Waals surface area contributed by atoms with Crippen molar-refractivity contribution in [3.8, 4) is 11.3 Å². The fraction of sp³-hybridized carbons (Fsp3) is 0.312. The van der Waals surface area contributed by atoms with E-state index in [-0.39, 0.29) is 17.9 Å². The van der Waals surface area contributed by atoms with Crippen molar-refractivity contribution in [2.75, 3.05) is 0 Å². The van der Waals surface area contributed by atoms with E-state index in [9.17, 15) is 20.0 Å². The summed E-state index contributed by atoms with van der Waals surface area (Å²) in [6, 6.07) is 9.50. The zero-order chi connectivity index (χ0) is 16.1. The van der Waals surface area contributed by atoms with Crippen LogP contribution < -0.4 is 5.56 Å². The number of aliphatic hydroxyl groups excluding tert-OH is 1. The molecule has 0 radical (unpaired) electrons. The molecule has 6 heteroatoms. The molecular formula is C16H18N2O4. The number of nitro groups is 1. The number of aromatic nitrogens is 1. The van der Waals surface area contributed by atoms with E-state index in [1.807, 2.05) is 6.92 Å². The molecule has 116 valence electrons. The second kappa shape index (κ2) is 7.00. The van der Waals surface area contributed by atoms with Crippen molar-refractivity contribution >= 4 is 5.69 Å². The first kappa shape index (κ1) is 15.9. The van der Waals surface area contributed by atoms with Gasteiger partial charge in [-0.15, -0.1) is 0 Å². The first-order valence-corrected chi connectivity index (χ1v) is 7.17. The van der Waals surface area contributed by atoms with Gasteiger partial charge < -0.3 is 9.67 Å². The van der Waals surface area contributed by atoms with E-state index in [1.54, 1.807) is 28.8 Å². The van der Waals surface area contributed by atoms with Crippen LogP contribution in [0.4, 0.5) is 5.69 Å². The summed E-state index contributed by atoms with van der Waals surface area (Å²) in [5, 5.41) is 20.2. The molecule has 0 fully saturated rings. The number of nitrogens with zero attached hydrogens (tertiary/aromatic N) is 2. The van der Waals surface area contributed by atoms with Crippen molar-refractivity contribution in [2.45, 2.75) is 32.9 Å². The van der Waals surface area contributed by atoms with Crippen LogP contribution in [0.5, 0.6) is 0 Å². The Morgan fingerprint density at radius 1 is 1.27 bits per heavy atom. The summed E-state index contributed by atoms with van der Waals surface area (Å²) in [7, 11) is 0. The van der Waals surface area contributed by atoms with Gasteiger partial charge in [-0.25, -0.2) is 0 Å². The van der Waals surface area contributed by atoms with Crippen molar-refractivity contribution in [1.29, 1.82) is 0 Å². The minimum atomic E-state index is -0.458. The highest BCUT2D eigenvalue weighted by Gasteiger charge is 2.13. The van der Waals surface area contributed by atoms with E-state index in [2.05, 4.69) is 0 Å². The minimum Gasteiger partial charge on any atom is -0.391 e. The number of pyridine rings is 1. The Kier molecular flexibility index (Phi) is 5.06. The highest BCUT2D eigenvalue weighted by Crippen LogP contribution is 2.23. The molecule has 1 aromatic heterocycles. The van der Waals surface area contributed by atoms with Crippen LogP contribution in [0, 0.1) is 10.1 Å². The van der Waals surface area contributed by atoms with Gasteiger partial charge in [-0.3, -0.25) is 14.9 Å². The zero-order valence-corrected chi connectivity index (χ0v) is 12.4. The van der Waals surface area contributed by atoms with Gasteiger partial charge in [0, 0.05) is 29.8 Å². The van der Waals surface area contributed by atoms with Gasteiger partial charge in [-0.1, -0.05) is 25.5 Å². The van der Waals surface area contributed by atoms with Crippen molar-refractivity contribution in [3.63, 3.8) is 0 Å². The van der Waals surface area contributed by atoms with Crippen LogP contribution in [-0.2, 0) is 13.2 Å². The average Bonchev–Trinajstić information content (AvgIpc) is 2.53. The molecule has 0 spiro atoms. The standard InChI is InChI=1S/C16H18N2O4/c1-2-3-9-17-15(8-7-13(11-19)16(17)20)12-5-4-6-14(10-12)18(21)22/h4-8,10,19H,2-3,9,11H2,1H3. The van der Waals surface area contributed by atoms with Crippen LogP contribution in [0.15, 0.2) is 41.2 Å². The molecule has 0 aliphatic carbocycles. The van der Waals surface area contributed by atoms with Gasteiger partial charge >= 0.3 is 0 Å². The third-order valence-corrected chi connectivity index (χ3v) is 3.51. The minimum absolute atomic E-state index is 0.0155. The van der Waals surface area contributed by atoms with Gasteiger partial charge in [-0.05, 0) is 18.6 Å². The highest BCUT2D eigenvalue weighted by molar-refractivity contribution is 5.63. The largest absolute Gasteiger partial charge is 0.391 e. The highest BCUT2D eigenvalue weighted by atomic mass is 16.6. The van der Waals surface area contributed by atoms with Crippen LogP contribution in [0.1, 0.15) is 25.3 Å². The van der Waals surface area contributed by atoms with Gasteiger partial charge in [-0.2, -0.15) is 0 Å². The maximum Gasteiger partial charge on any atom is 0.270 e. The van der Waals surface area contributed by atoms with Crippen molar-refractivity contribution in [1.82, 2.24) is 4.57 Å². The molecule has 2 rings (SSSR count). The summed E-state index contributed by atoms with van der Waals surface area (Å²) in [5.41, 5.74) is 1.30. The van der Waals surface area contributed by atoms with Crippen molar-refractivity contribution < 1.29 is 10.0 Å². The van der Waals surface area contributed by atoms with Gasteiger partial charge in [0.15, 0.2) is 0 Å². The van der Waals surface area contributed by atoms with Crippen LogP contribution in [-0.4, -0.2) is 14.6 Å². The number of aliphatic hydroxyl groups is 1. The lowest BCUT2D eigenvalue weighted by atomic mass is 10.1. The SMILES string of the molecule is CCCCn1c(-c2cccc([N+](=O)[O-])c2)ccc(CO)c1=O. The smallest absolute Gasteiger partial charge is 0.270 e. The molecule has 1 N–H and O–H groups in total. The maximum absolute atomic E-state index is 12.4. The molecule has 0 saturated heterocycles.